The third kappa shape index (κ3) is 3.33. The van der Waals surface area contributed by atoms with Gasteiger partial charge in [-0.2, -0.15) is 0 Å². The lowest BCUT2D eigenvalue weighted by Gasteiger charge is -2.14. The Kier molecular flexibility index (Phi) is 4.60. The molecule has 0 spiro atoms. The van der Waals surface area contributed by atoms with Crippen molar-refractivity contribution < 1.29 is 14.4 Å². The van der Waals surface area contributed by atoms with Crippen LogP contribution in [0, 0.1) is 17.0 Å². The van der Waals surface area contributed by atoms with Crippen molar-refractivity contribution in [2.75, 3.05) is 7.11 Å². The lowest BCUT2D eigenvalue weighted by molar-refractivity contribution is -0.386. The molecular weight excluding hydrogens is 284 g/mol. The zero-order valence-corrected chi connectivity index (χ0v) is 13.0. The second-order valence-electron chi connectivity index (χ2n) is 5.15. The number of nitro benzene ring substituents is 1. The number of rotatable bonds is 5. The second-order valence-corrected chi connectivity index (χ2v) is 5.15. The van der Waals surface area contributed by atoms with Crippen LogP contribution in [0.25, 0.3) is 11.1 Å². The largest absolute Gasteiger partial charge is 0.484 e. The van der Waals surface area contributed by atoms with Gasteiger partial charge in [0.15, 0.2) is 5.75 Å². The molecule has 0 saturated heterocycles. The Morgan fingerprint density at radius 2 is 2.00 bits per heavy atom. The van der Waals surface area contributed by atoms with Gasteiger partial charge in [-0.25, -0.2) is 4.98 Å². The summed E-state index contributed by atoms with van der Waals surface area (Å²) in [4.78, 5) is 14.8. The van der Waals surface area contributed by atoms with Crippen LogP contribution < -0.4 is 9.47 Å². The minimum Gasteiger partial charge on any atom is -0.484 e. The van der Waals surface area contributed by atoms with Crippen LogP contribution in [0.4, 0.5) is 5.69 Å². The summed E-state index contributed by atoms with van der Waals surface area (Å²) in [6.07, 6.45) is 1.49. The first-order chi connectivity index (χ1) is 10.4. The zero-order chi connectivity index (χ0) is 16.3. The van der Waals surface area contributed by atoms with E-state index in [9.17, 15) is 10.1 Å². The Bertz CT molecular complexity index is 699. The maximum absolute atomic E-state index is 11.2. The maximum Gasteiger partial charge on any atom is 0.311 e. The first kappa shape index (κ1) is 15.8. The SMILES string of the molecule is COc1cc(-c2cc(OC(C)C)c([N+](=O)[O-])cc2C)ccn1. The van der Waals surface area contributed by atoms with Gasteiger partial charge in [-0.3, -0.25) is 10.1 Å². The number of methoxy groups -OCH3 is 1. The van der Waals surface area contributed by atoms with Gasteiger partial charge in [0, 0.05) is 18.3 Å². The Balaban J connectivity index is 2.58. The van der Waals surface area contributed by atoms with Gasteiger partial charge in [0.2, 0.25) is 5.88 Å². The van der Waals surface area contributed by atoms with Crippen LogP contribution in [0.3, 0.4) is 0 Å². The lowest BCUT2D eigenvalue weighted by atomic mass is 10.00. The fourth-order valence-electron chi connectivity index (χ4n) is 2.16. The molecule has 0 atom stereocenters. The fourth-order valence-corrected chi connectivity index (χ4v) is 2.16. The van der Waals surface area contributed by atoms with Crippen molar-refractivity contribution in [3.05, 3.63) is 46.1 Å². The number of nitrogens with zero attached hydrogens (tertiary/aromatic N) is 2. The quantitative estimate of drug-likeness (QED) is 0.621. The summed E-state index contributed by atoms with van der Waals surface area (Å²) in [7, 11) is 1.54. The number of ether oxygens (including phenoxy) is 2. The molecule has 6 nitrogen and oxygen atoms in total. The van der Waals surface area contributed by atoms with Gasteiger partial charge in [0.25, 0.3) is 0 Å². The molecule has 0 aliphatic carbocycles. The number of hydrogen-bond donors (Lipinski definition) is 0. The van der Waals surface area contributed by atoms with E-state index in [0.717, 1.165) is 16.7 Å². The average Bonchev–Trinajstić information content (AvgIpc) is 2.48. The van der Waals surface area contributed by atoms with Crippen molar-refractivity contribution in [1.29, 1.82) is 0 Å². The molecule has 116 valence electrons. The molecule has 0 radical (unpaired) electrons. The summed E-state index contributed by atoms with van der Waals surface area (Å²) < 4.78 is 10.7. The van der Waals surface area contributed by atoms with Crippen molar-refractivity contribution in [2.24, 2.45) is 0 Å². The number of benzene rings is 1. The van der Waals surface area contributed by atoms with Crippen LogP contribution in [-0.4, -0.2) is 23.1 Å². The molecule has 0 unspecified atom stereocenters. The minimum atomic E-state index is -0.429. The summed E-state index contributed by atoms with van der Waals surface area (Å²) in [5.74, 6) is 0.748. The van der Waals surface area contributed by atoms with Crippen LogP contribution in [0.2, 0.25) is 0 Å². The molecule has 6 heteroatoms. The van der Waals surface area contributed by atoms with Crippen molar-refractivity contribution in [2.45, 2.75) is 26.9 Å². The molecule has 1 aromatic carbocycles. The Labute approximate surface area is 128 Å². The molecule has 1 aromatic heterocycles. The Morgan fingerprint density at radius 1 is 1.27 bits per heavy atom. The smallest absolute Gasteiger partial charge is 0.311 e. The van der Waals surface area contributed by atoms with E-state index in [1.54, 1.807) is 25.4 Å². The van der Waals surface area contributed by atoms with Crippen LogP contribution in [0.5, 0.6) is 11.6 Å². The molecule has 0 aliphatic heterocycles. The Hall–Kier alpha value is -2.63. The highest BCUT2D eigenvalue weighted by molar-refractivity contribution is 5.72. The van der Waals surface area contributed by atoms with Crippen molar-refractivity contribution in [1.82, 2.24) is 4.98 Å². The first-order valence-corrected chi connectivity index (χ1v) is 6.88. The molecule has 1 heterocycles. The highest BCUT2D eigenvalue weighted by atomic mass is 16.6. The summed E-state index contributed by atoms with van der Waals surface area (Å²) >= 11 is 0. The maximum atomic E-state index is 11.2. The summed E-state index contributed by atoms with van der Waals surface area (Å²) in [5, 5.41) is 11.2. The van der Waals surface area contributed by atoms with Gasteiger partial charge in [-0.1, -0.05) is 0 Å². The third-order valence-electron chi connectivity index (χ3n) is 3.12. The monoisotopic (exact) mass is 302 g/mol. The number of aromatic nitrogens is 1. The van der Waals surface area contributed by atoms with Crippen molar-refractivity contribution in [3.8, 4) is 22.8 Å². The molecule has 0 fully saturated rings. The van der Waals surface area contributed by atoms with Crippen LogP contribution >= 0.6 is 0 Å². The van der Waals surface area contributed by atoms with Gasteiger partial charge in [-0.05, 0) is 49.6 Å². The lowest BCUT2D eigenvalue weighted by Crippen LogP contribution is -2.08. The Morgan fingerprint density at radius 3 is 2.59 bits per heavy atom. The van der Waals surface area contributed by atoms with E-state index in [1.807, 2.05) is 26.8 Å². The number of aryl methyl sites for hydroxylation is 1. The highest BCUT2D eigenvalue weighted by Gasteiger charge is 2.20. The van der Waals surface area contributed by atoms with Crippen LogP contribution in [0.15, 0.2) is 30.5 Å². The van der Waals surface area contributed by atoms with Crippen LogP contribution in [0.1, 0.15) is 19.4 Å². The minimum absolute atomic E-state index is 0.0315. The number of nitro groups is 1. The molecule has 0 aliphatic rings. The predicted molar refractivity (Wildman–Crippen MR) is 83.4 cm³/mol. The normalized spacial score (nSPS) is 10.6. The van der Waals surface area contributed by atoms with E-state index in [4.69, 9.17) is 9.47 Å². The topological polar surface area (TPSA) is 74.5 Å². The summed E-state index contributed by atoms with van der Waals surface area (Å²) in [6, 6.07) is 6.84. The molecule has 0 amide bonds. The van der Waals surface area contributed by atoms with E-state index >= 15 is 0 Å². The van der Waals surface area contributed by atoms with Gasteiger partial charge < -0.3 is 9.47 Å². The van der Waals surface area contributed by atoms with Gasteiger partial charge in [0.05, 0.1) is 18.1 Å². The first-order valence-electron chi connectivity index (χ1n) is 6.88. The summed E-state index contributed by atoms with van der Waals surface area (Å²) in [5.41, 5.74) is 2.47. The van der Waals surface area contributed by atoms with Gasteiger partial charge >= 0.3 is 5.69 Å². The molecule has 0 bridgehead atoms. The molecule has 0 saturated carbocycles. The van der Waals surface area contributed by atoms with Crippen LogP contribution in [-0.2, 0) is 0 Å². The molecular formula is C16H18N2O4. The van der Waals surface area contributed by atoms with Crippen molar-refractivity contribution >= 4 is 5.69 Å². The standard InChI is InChI=1S/C16H18N2O4/c1-10(2)22-15-9-13(11(3)7-14(15)18(19)20)12-5-6-17-16(8-12)21-4/h5-10H,1-4H3. The second kappa shape index (κ2) is 6.43. The van der Waals surface area contributed by atoms with E-state index in [2.05, 4.69) is 4.98 Å². The molecule has 22 heavy (non-hydrogen) atoms. The molecule has 2 aromatic rings. The fraction of sp³-hybridized carbons (Fsp3) is 0.312. The van der Waals surface area contributed by atoms with E-state index in [-0.39, 0.29) is 17.5 Å². The van der Waals surface area contributed by atoms with Crippen molar-refractivity contribution in [3.63, 3.8) is 0 Å². The molecule has 2 rings (SSSR count). The van der Waals surface area contributed by atoms with E-state index < -0.39 is 4.92 Å². The molecule has 0 N–H and O–H groups in total. The van der Waals surface area contributed by atoms with Gasteiger partial charge in [0.1, 0.15) is 0 Å². The number of hydrogen-bond acceptors (Lipinski definition) is 5. The highest BCUT2D eigenvalue weighted by Crippen LogP contribution is 2.36. The van der Waals surface area contributed by atoms with E-state index in [0.29, 0.717) is 5.88 Å². The third-order valence-corrected chi connectivity index (χ3v) is 3.12. The summed E-state index contributed by atoms with van der Waals surface area (Å²) in [6.45, 7) is 5.49. The number of pyridine rings is 1. The zero-order valence-electron chi connectivity index (χ0n) is 13.0. The van der Waals surface area contributed by atoms with Gasteiger partial charge in [-0.15, -0.1) is 0 Å². The van der Waals surface area contributed by atoms with E-state index in [1.165, 1.54) is 6.07 Å². The average molecular weight is 302 g/mol. The predicted octanol–water partition coefficient (Wildman–Crippen LogP) is 3.76.